The van der Waals surface area contributed by atoms with Gasteiger partial charge in [0, 0.05) is 10.6 Å². The number of hydrogen-bond donors (Lipinski definition) is 3. The van der Waals surface area contributed by atoms with Gasteiger partial charge in [0.15, 0.2) is 0 Å². The SMILES string of the molecule is Nc1nc(N)c2c(-c3cccc(Cl)c3)c(-c3ccc(F)cc3)[nH]c2n1. The standard InChI is InChI=1S/C18H13ClFN5/c19-11-3-1-2-10(8-11)13-14-16(21)24-18(22)25-17(14)23-15(13)9-4-6-12(20)7-5-9/h1-8H,(H5,21,22,23,24,25). The van der Waals surface area contributed by atoms with Gasteiger partial charge in [-0.1, -0.05) is 23.7 Å². The van der Waals surface area contributed by atoms with Gasteiger partial charge in [-0.3, -0.25) is 0 Å². The number of halogens is 2. The van der Waals surface area contributed by atoms with E-state index >= 15 is 0 Å². The Labute approximate surface area is 147 Å². The highest BCUT2D eigenvalue weighted by atomic mass is 35.5. The molecule has 0 atom stereocenters. The molecule has 0 saturated carbocycles. The maximum Gasteiger partial charge on any atom is 0.223 e. The molecule has 0 amide bonds. The minimum absolute atomic E-state index is 0.0783. The van der Waals surface area contributed by atoms with Crippen LogP contribution in [0.2, 0.25) is 5.02 Å². The minimum atomic E-state index is -0.312. The number of rotatable bonds is 2. The summed E-state index contributed by atoms with van der Waals surface area (Å²) in [5.41, 5.74) is 15.5. The number of nitrogen functional groups attached to an aromatic ring is 2. The average molecular weight is 354 g/mol. The smallest absolute Gasteiger partial charge is 0.223 e. The number of nitrogens with zero attached hydrogens (tertiary/aromatic N) is 2. The molecule has 7 heteroatoms. The van der Waals surface area contributed by atoms with E-state index in [-0.39, 0.29) is 17.6 Å². The van der Waals surface area contributed by atoms with Crippen molar-refractivity contribution in [2.24, 2.45) is 0 Å². The highest BCUT2D eigenvalue weighted by molar-refractivity contribution is 6.31. The molecule has 0 fully saturated rings. The largest absolute Gasteiger partial charge is 0.383 e. The van der Waals surface area contributed by atoms with Crippen molar-refractivity contribution in [3.05, 3.63) is 59.4 Å². The molecule has 124 valence electrons. The van der Waals surface area contributed by atoms with E-state index < -0.39 is 0 Å². The summed E-state index contributed by atoms with van der Waals surface area (Å²) in [5, 5.41) is 1.24. The molecular formula is C18H13ClFN5. The van der Waals surface area contributed by atoms with E-state index in [4.69, 9.17) is 23.1 Å². The van der Waals surface area contributed by atoms with Crippen LogP contribution in [-0.4, -0.2) is 15.0 Å². The zero-order valence-electron chi connectivity index (χ0n) is 12.9. The fourth-order valence-electron chi connectivity index (χ4n) is 2.90. The molecule has 0 aliphatic rings. The number of benzene rings is 2. The summed E-state index contributed by atoms with van der Waals surface area (Å²) in [6, 6.07) is 13.5. The number of aromatic amines is 1. The lowest BCUT2D eigenvalue weighted by Gasteiger charge is -2.07. The first kappa shape index (κ1) is 15.4. The third-order valence-corrected chi connectivity index (χ3v) is 4.18. The van der Waals surface area contributed by atoms with Crippen LogP contribution in [0.15, 0.2) is 48.5 Å². The van der Waals surface area contributed by atoms with Crippen LogP contribution in [0, 0.1) is 5.82 Å². The summed E-state index contributed by atoms with van der Waals surface area (Å²) in [6.45, 7) is 0. The molecule has 0 spiro atoms. The van der Waals surface area contributed by atoms with E-state index in [0.29, 0.717) is 16.1 Å². The molecule has 2 aromatic carbocycles. The molecule has 25 heavy (non-hydrogen) atoms. The normalized spacial score (nSPS) is 11.1. The van der Waals surface area contributed by atoms with Gasteiger partial charge in [-0.2, -0.15) is 9.97 Å². The van der Waals surface area contributed by atoms with Gasteiger partial charge >= 0.3 is 0 Å². The average Bonchev–Trinajstić information content (AvgIpc) is 2.95. The molecule has 2 heterocycles. The van der Waals surface area contributed by atoms with E-state index in [1.54, 1.807) is 18.2 Å². The van der Waals surface area contributed by atoms with Crippen LogP contribution < -0.4 is 11.5 Å². The first-order valence-corrected chi connectivity index (χ1v) is 7.87. The molecule has 4 aromatic rings. The monoisotopic (exact) mass is 353 g/mol. The summed E-state index contributed by atoms with van der Waals surface area (Å²) >= 11 is 6.15. The minimum Gasteiger partial charge on any atom is -0.383 e. The van der Waals surface area contributed by atoms with Gasteiger partial charge in [0.1, 0.15) is 17.3 Å². The van der Waals surface area contributed by atoms with Crippen LogP contribution in [0.25, 0.3) is 33.4 Å². The van der Waals surface area contributed by atoms with Gasteiger partial charge < -0.3 is 16.5 Å². The molecular weight excluding hydrogens is 341 g/mol. The van der Waals surface area contributed by atoms with Crippen molar-refractivity contribution in [1.29, 1.82) is 0 Å². The summed E-state index contributed by atoms with van der Waals surface area (Å²) in [7, 11) is 0. The van der Waals surface area contributed by atoms with Crippen molar-refractivity contribution in [3.8, 4) is 22.4 Å². The van der Waals surface area contributed by atoms with E-state index in [2.05, 4.69) is 15.0 Å². The zero-order chi connectivity index (χ0) is 17.6. The predicted molar refractivity (Wildman–Crippen MR) is 98.6 cm³/mol. The molecule has 0 radical (unpaired) electrons. The third-order valence-electron chi connectivity index (χ3n) is 3.94. The fourth-order valence-corrected chi connectivity index (χ4v) is 3.09. The molecule has 0 unspecified atom stereocenters. The Morgan fingerprint density at radius 2 is 1.72 bits per heavy atom. The highest BCUT2D eigenvalue weighted by Gasteiger charge is 2.19. The first-order chi connectivity index (χ1) is 12.0. The number of fused-ring (bicyclic) bond motifs is 1. The van der Waals surface area contributed by atoms with Gasteiger partial charge in [-0.25, -0.2) is 4.39 Å². The lowest BCUT2D eigenvalue weighted by molar-refractivity contribution is 0.628. The summed E-state index contributed by atoms with van der Waals surface area (Å²) in [5.74, 6) is 0.0318. The highest BCUT2D eigenvalue weighted by Crippen LogP contribution is 2.40. The Morgan fingerprint density at radius 3 is 2.44 bits per heavy atom. The van der Waals surface area contributed by atoms with Crippen molar-refractivity contribution in [1.82, 2.24) is 15.0 Å². The van der Waals surface area contributed by atoms with E-state index in [1.165, 1.54) is 12.1 Å². The first-order valence-electron chi connectivity index (χ1n) is 7.49. The van der Waals surface area contributed by atoms with Crippen LogP contribution >= 0.6 is 11.6 Å². The van der Waals surface area contributed by atoms with E-state index in [9.17, 15) is 4.39 Å². The maximum atomic E-state index is 13.3. The molecule has 0 aliphatic heterocycles. The molecule has 0 aliphatic carbocycles. The number of anilines is 2. The summed E-state index contributed by atoms with van der Waals surface area (Å²) in [6.07, 6.45) is 0. The summed E-state index contributed by atoms with van der Waals surface area (Å²) in [4.78, 5) is 11.5. The van der Waals surface area contributed by atoms with Crippen LogP contribution in [0.1, 0.15) is 0 Å². The molecule has 5 N–H and O–H groups in total. The van der Waals surface area contributed by atoms with Crippen molar-refractivity contribution in [2.45, 2.75) is 0 Å². The van der Waals surface area contributed by atoms with E-state index in [1.807, 2.05) is 18.2 Å². The number of H-pyrrole nitrogens is 1. The van der Waals surface area contributed by atoms with Gasteiger partial charge in [-0.15, -0.1) is 0 Å². The Balaban J connectivity index is 2.09. The Morgan fingerprint density at radius 1 is 0.960 bits per heavy atom. The molecule has 4 rings (SSSR count). The number of hydrogen-bond acceptors (Lipinski definition) is 4. The molecule has 0 saturated heterocycles. The Kier molecular flexibility index (Phi) is 3.54. The van der Waals surface area contributed by atoms with E-state index in [0.717, 1.165) is 22.4 Å². The predicted octanol–water partition coefficient (Wildman–Crippen LogP) is 4.25. The molecule has 0 bridgehead atoms. The number of nitrogens with one attached hydrogen (secondary N) is 1. The van der Waals surface area contributed by atoms with Gasteiger partial charge in [-0.05, 0) is 47.5 Å². The number of nitrogens with two attached hydrogens (primary N) is 2. The lowest BCUT2D eigenvalue weighted by Crippen LogP contribution is -1.99. The van der Waals surface area contributed by atoms with Crippen molar-refractivity contribution < 1.29 is 4.39 Å². The zero-order valence-corrected chi connectivity index (χ0v) is 13.7. The van der Waals surface area contributed by atoms with Crippen LogP contribution in [0.3, 0.4) is 0 Å². The summed E-state index contributed by atoms with van der Waals surface area (Å²) < 4.78 is 13.3. The van der Waals surface area contributed by atoms with Crippen LogP contribution in [-0.2, 0) is 0 Å². The van der Waals surface area contributed by atoms with Crippen LogP contribution in [0.4, 0.5) is 16.2 Å². The van der Waals surface area contributed by atoms with Crippen molar-refractivity contribution >= 4 is 34.4 Å². The molecule has 2 aromatic heterocycles. The quantitative estimate of drug-likeness (QED) is 0.502. The Bertz CT molecular complexity index is 1090. The second-order valence-electron chi connectivity index (χ2n) is 5.58. The van der Waals surface area contributed by atoms with Crippen LogP contribution in [0.5, 0.6) is 0 Å². The second kappa shape index (κ2) is 5.75. The molecule has 5 nitrogen and oxygen atoms in total. The van der Waals surface area contributed by atoms with Gasteiger partial charge in [0.05, 0.1) is 11.1 Å². The lowest BCUT2D eigenvalue weighted by atomic mass is 9.99. The number of aromatic nitrogens is 3. The van der Waals surface area contributed by atoms with Gasteiger partial charge in [0.2, 0.25) is 5.95 Å². The third kappa shape index (κ3) is 2.66. The topological polar surface area (TPSA) is 93.6 Å². The van der Waals surface area contributed by atoms with Crippen molar-refractivity contribution in [3.63, 3.8) is 0 Å². The fraction of sp³-hybridized carbons (Fsp3) is 0. The van der Waals surface area contributed by atoms with Gasteiger partial charge in [0.25, 0.3) is 0 Å². The van der Waals surface area contributed by atoms with Crippen molar-refractivity contribution in [2.75, 3.05) is 11.5 Å². The maximum absolute atomic E-state index is 13.3. The Hall–Kier alpha value is -3.12. The second-order valence-corrected chi connectivity index (χ2v) is 6.02.